The van der Waals surface area contributed by atoms with Crippen molar-refractivity contribution in [3.8, 4) is 0 Å². The van der Waals surface area contributed by atoms with Crippen LogP contribution in [0, 0.1) is 35.5 Å². The lowest BCUT2D eigenvalue weighted by Gasteiger charge is -2.34. The summed E-state index contributed by atoms with van der Waals surface area (Å²) in [4.78, 5) is 0. The normalized spacial score (nSPS) is 43.5. The lowest BCUT2D eigenvalue weighted by molar-refractivity contribution is 0.157. The molecule has 0 N–H and O–H groups in total. The van der Waals surface area contributed by atoms with Gasteiger partial charge in [-0.05, 0) is 74.0 Å². The monoisotopic (exact) mass is 276 g/mol. The van der Waals surface area contributed by atoms with Crippen LogP contribution in [-0.2, 0) is 0 Å². The van der Waals surface area contributed by atoms with Gasteiger partial charge in [-0.25, -0.2) is 0 Å². The van der Waals surface area contributed by atoms with Crippen molar-refractivity contribution in [1.29, 1.82) is 0 Å². The van der Waals surface area contributed by atoms with E-state index in [1.54, 1.807) is 38.5 Å². The van der Waals surface area contributed by atoms with Gasteiger partial charge in [-0.1, -0.05) is 52.4 Å². The average Bonchev–Trinajstić information content (AvgIpc) is 3.01. The van der Waals surface area contributed by atoms with Crippen molar-refractivity contribution in [3.63, 3.8) is 0 Å². The van der Waals surface area contributed by atoms with Crippen molar-refractivity contribution in [3.05, 3.63) is 0 Å². The molecule has 0 radical (unpaired) electrons. The summed E-state index contributed by atoms with van der Waals surface area (Å²) in [5.74, 6) is 6.79. The van der Waals surface area contributed by atoms with Gasteiger partial charge in [0.15, 0.2) is 0 Å². The zero-order chi connectivity index (χ0) is 13.9. The zero-order valence-electron chi connectivity index (χ0n) is 13.9. The Hall–Kier alpha value is 0. The highest BCUT2D eigenvalue weighted by Crippen LogP contribution is 2.56. The van der Waals surface area contributed by atoms with Crippen LogP contribution in [0.25, 0.3) is 0 Å². The first-order valence-electron chi connectivity index (χ1n) is 9.80. The SMILES string of the molecule is CCCCC1CC2CC3CC(CCCC)CC3CC2C1. The van der Waals surface area contributed by atoms with Gasteiger partial charge in [-0.3, -0.25) is 0 Å². The van der Waals surface area contributed by atoms with Gasteiger partial charge in [0.25, 0.3) is 0 Å². The first kappa shape index (κ1) is 14.9. The van der Waals surface area contributed by atoms with Gasteiger partial charge in [0, 0.05) is 0 Å². The Morgan fingerprint density at radius 2 is 0.900 bits per heavy atom. The number of hydrogen-bond acceptors (Lipinski definition) is 0. The molecule has 0 bridgehead atoms. The van der Waals surface area contributed by atoms with E-state index >= 15 is 0 Å². The third-order valence-corrected chi connectivity index (χ3v) is 7.02. The molecule has 0 aromatic heterocycles. The molecule has 0 amide bonds. The van der Waals surface area contributed by atoms with Crippen molar-refractivity contribution in [2.45, 2.75) is 90.9 Å². The summed E-state index contributed by atoms with van der Waals surface area (Å²) in [6.45, 7) is 4.70. The minimum atomic E-state index is 1.11. The molecule has 0 nitrogen and oxygen atoms in total. The molecule has 0 aromatic carbocycles. The quantitative estimate of drug-likeness (QED) is 0.523. The average molecular weight is 277 g/mol. The molecular weight excluding hydrogens is 240 g/mol. The van der Waals surface area contributed by atoms with E-state index in [4.69, 9.17) is 0 Å². The van der Waals surface area contributed by atoms with Crippen LogP contribution < -0.4 is 0 Å². The third-order valence-electron chi connectivity index (χ3n) is 7.02. The molecule has 0 heterocycles. The molecule has 0 saturated heterocycles. The van der Waals surface area contributed by atoms with E-state index in [2.05, 4.69) is 13.8 Å². The summed E-state index contributed by atoms with van der Waals surface area (Å²) in [6.07, 6.45) is 18.5. The molecule has 4 atom stereocenters. The Morgan fingerprint density at radius 3 is 1.20 bits per heavy atom. The van der Waals surface area contributed by atoms with E-state index in [1.165, 1.54) is 38.5 Å². The fraction of sp³-hybridized carbons (Fsp3) is 1.00. The maximum Gasteiger partial charge on any atom is -0.0380 e. The maximum absolute atomic E-state index is 2.35. The van der Waals surface area contributed by atoms with Crippen molar-refractivity contribution in [1.82, 2.24) is 0 Å². The van der Waals surface area contributed by atoms with Crippen LogP contribution in [0.1, 0.15) is 90.9 Å². The Kier molecular flexibility index (Phi) is 5.10. The van der Waals surface area contributed by atoms with Gasteiger partial charge in [-0.15, -0.1) is 0 Å². The lowest BCUT2D eigenvalue weighted by atomic mass is 9.71. The van der Waals surface area contributed by atoms with E-state index in [9.17, 15) is 0 Å². The molecule has 3 saturated carbocycles. The summed E-state index contributed by atoms with van der Waals surface area (Å²) in [5.41, 5.74) is 0. The molecule has 0 heteroatoms. The predicted molar refractivity (Wildman–Crippen MR) is 87.7 cm³/mol. The van der Waals surface area contributed by atoms with Crippen LogP contribution in [0.15, 0.2) is 0 Å². The van der Waals surface area contributed by atoms with Gasteiger partial charge >= 0.3 is 0 Å². The third kappa shape index (κ3) is 3.25. The largest absolute Gasteiger partial charge is 0.0654 e. The topological polar surface area (TPSA) is 0 Å². The van der Waals surface area contributed by atoms with Crippen LogP contribution in [0.2, 0.25) is 0 Å². The molecule has 20 heavy (non-hydrogen) atoms. The van der Waals surface area contributed by atoms with E-state index in [0.717, 1.165) is 35.5 Å². The molecular formula is C20H36. The number of rotatable bonds is 6. The van der Waals surface area contributed by atoms with Crippen molar-refractivity contribution in [2.24, 2.45) is 35.5 Å². The van der Waals surface area contributed by atoms with Crippen molar-refractivity contribution >= 4 is 0 Å². The Bertz CT molecular complexity index is 244. The molecule has 3 aliphatic carbocycles. The lowest BCUT2D eigenvalue weighted by Crippen LogP contribution is -2.25. The molecule has 0 spiro atoms. The second-order valence-electron chi connectivity index (χ2n) is 8.47. The smallest absolute Gasteiger partial charge is 0.0380 e. The van der Waals surface area contributed by atoms with E-state index in [-0.39, 0.29) is 0 Å². The number of unbranched alkanes of at least 4 members (excludes halogenated alkanes) is 2. The molecule has 0 aliphatic heterocycles. The number of fused-ring (bicyclic) bond motifs is 2. The zero-order valence-corrected chi connectivity index (χ0v) is 13.9. The highest BCUT2D eigenvalue weighted by molar-refractivity contribution is 4.96. The molecule has 0 aromatic rings. The Balaban J connectivity index is 1.48. The van der Waals surface area contributed by atoms with Crippen LogP contribution in [-0.4, -0.2) is 0 Å². The van der Waals surface area contributed by atoms with Crippen molar-refractivity contribution < 1.29 is 0 Å². The summed E-state index contributed by atoms with van der Waals surface area (Å²) in [7, 11) is 0. The maximum atomic E-state index is 2.35. The standard InChI is InChI=1S/C20H36/c1-3-5-7-15-9-17-13-19-11-16(8-6-4-2)12-20(19)14-18(17)10-15/h15-20H,3-14H2,1-2H3. The van der Waals surface area contributed by atoms with Crippen LogP contribution in [0.3, 0.4) is 0 Å². The molecule has 3 aliphatic rings. The first-order chi connectivity index (χ1) is 9.80. The first-order valence-corrected chi connectivity index (χ1v) is 9.80. The highest BCUT2D eigenvalue weighted by atomic mass is 14.5. The van der Waals surface area contributed by atoms with Gasteiger partial charge in [-0.2, -0.15) is 0 Å². The van der Waals surface area contributed by atoms with E-state index < -0.39 is 0 Å². The van der Waals surface area contributed by atoms with Crippen LogP contribution in [0.5, 0.6) is 0 Å². The van der Waals surface area contributed by atoms with Crippen LogP contribution in [0.4, 0.5) is 0 Å². The number of hydrogen-bond donors (Lipinski definition) is 0. The summed E-state index contributed by atoms with van der Waals surface area (Å²) in [5, 5.41) is 0. The molecule has 116 valence electrons. The summed E-state index contributed by atoms with van der Waals surface area (Å²) < 4.78 is 0. The second kappa shape index (κ2) is 6.84. The Morgan fingerprint density at radius 1 is 0.550 bits per heavy atom. The summed E-state index contributed by atoms with van der Waals surface area (Å²) >= 11 is 0. The van der Waals surface area contributed by atoms with Gasteiger partial charge in [0.05, 0.1) is 0 Å². The Labute approximate surface area is 127 Å². The van der Waals surface area contributed by atoms with Crippen LogP contribution >= 0.6 is 0 Å². The van der Waals surface area contributed by atoms with Gasteiger partial charge in [0.1, 0.15) is 0 Å². The minimum absolute atomic E-state index is 1.11. The highest BCUT2D eigenvalue weighted by Gasteiger charge is 2.45. The molecule has 3 rings (SSSR count). The second-order valence-corrected chi connectivity index (χ2v) is 8.47. The fourth-order valence-electron chi connectivity index (χ4n) is 6.06. The molecule has 3 fully saturated rings. The van der Waals surface area contributed by atoms with Crippen molar-refractivity contribution in [2.75, 3.05) is 0 Å². The van der Waals surface area contributed by atoms with E-state index in [1.807, 2.05) is 0 Å². The molecule has 4 unspecified atom stereocenters. The predicted octanol–water partition coefficient (Wildman–Crippen LogP) is 6.45. The van der Waals surface area contributed by atoms with Gasteiger partial charge < -0.3 is 0 Å². The fourth-order valence-corrected chi connectivity index (χ4v) is 6.06. The van der Waals surface area contributed by atoms with E-state index in [0.29, 0.717) is 0 Å². The summed E-state index contributed by atoms with van der Waals surface area (Å²) in [6, 6.07) is 0. The minimum Gasteiger partial charge on any atom is -0.0654 e. The van der Waals surface area contributed by atoms with Gasteiger partial charge in [0.2, 0.25) is 0 Å².